The molecule has 0 aliphatic heterocycles. The maximum absolute atomic E-state index is 14.6. The van der Waals surface area contributed by atoms with Crippen molar-refractivity contribution in [1.29, 1.82) is 0 Å². The average molecular weight is 660 g/mol. The smallest absolute Gasteiger partial charge is 0.264 e. The summed E-state index contributed by atoms with van der Waals surface area (Å²) in [6.45, 7) is 9.08. The molecule has 0 bridgehead atoms. The fourth-order valence-electron chi connectivity index (χ4n) is 5.29. The van der Waals surface area contributed by atoms with Crippen molar-refractivity contribution in [3.8, 4) is 0 Å². The number of aryl methyl sites for hydroxylation is 3. The van der Waals surface area contributed by atoms with Gasteiger partial charge in [0.25, 0.3) is 10.0 Å². The second-order valence-corrected chi connectivity index (χ2v) is 14.1. The number of amides is 2. The van der Waals surface area contributed by atoms with E-state index in [1.54, 1.807) is 54.6 Å². The van der Waals surface area contributed by atoms with Gasteiger partial charge < -0.3 is 10.2 Å². The molecular weight excluding hydrogens is 618 g/mol. The highest BCUT2D eigenvalue weighted by Crippen LogP contribution is 2.27. The van der Waals surface area contributed by atoms with E-state index in [2.05, 4.69) is 5.32 Å². The number of hydrogen-bond acceptors (Lipinski definition) is 4. The Morgan fingerprint density at radius 1 is 0.804 bits per heavy atom. The van der Waals surface area contributed by atoms with Crippen LogP contribution < -0.4 is 9.62 Å². The summed E-state index contributed by atoms with van der Waals surface area (Å²) in [4.78, 5) is 30.1. The summed E-state index contributed by atoms with van der Waals surface area (Å²) in [6, 6.07) is 27.6. The van der Waals surface area contributed by atoms with Gasteiger partial charge in [0.05, 0.1) is 10.6 Å². The number of hydrogen-bond donors (Lipinski definition) is 1. The molecule has 0 heterocycles. The molecule has 4 aromatic carbocycles. The summed E-state index contributed by atoms with van der Waals surface area (Å²) in [6.07, 6.45) is 0.949. The molecule has 4 aromatic rings. The van der Waals surface area contributed by atoms with Crippen LogP contribution in [0, 0.1) is 20.8 Å². The predicted molar refractivity (Wildman–Crippen MR) is 185 cm³/mol. The molecule has 0 saturated heterocycles. The molecule has 0 saturated carbocycles. The van der Waals surface area contributed by atoms with Gasteiger partial charge in [-0.2, -0.15) is 0 Å². The summed E-state index contributed by atoms with van der Waals surface area (Å²) >= 11 is 6.33. The van der Waals surface area contributed by atoms with Gasteiger partial charge in [-0.1, -0.05) is 84.8 Å². The topological polar surface area (TPSA) is 86.8 Å². The maximum atomic E-state index is 14.6. The van der Waals surface area contributed by atoms with Crippen LogP contribution in [0.3, 0.4) is 0 Å². The van der Waals surface area contributed by atoms with E-state index in [1.165, 1.54) is 4.90 Å². The summed E-state index contributed by atoms with van der Waals surface area (Å²) in [7, 11) is -4.18. The number of nitrogens with one attached hydrogen (secondary N) is 1. The van der Waals surface area contributed by atoms with E-state index in [1.807, 2.05) is 77.1 Å². The second kappa shape index (κ2) is 15.4. The van der Waals surface area contributed by atoms with Crippen molar-refractivity contribution in [1.82, 2.24) is 10.2 Å². The molecule has 0 aliphatic rings. The van der Waals surface area contributed by atoms with Crippen LogP contribution >= 0.6 is 11.6 Å². The van der Waals surface area contributed by atoms with Crippen molar-refractivity contribution in [2.45, 2.75) is 71.0 Å². The molecule has 0 spiro atoms. The molecule has 2 amide bonds. The third-order valence-electron chi connectivity index (χ3n) is 7.90. The lowest BCUT2D eigenvalue weighted by Crippen LogP contribution is -2.54. The Balaban J connectivity index is 1.83. The number of carbonyl (C=O) groups is 2. The number of sulfonamides is 1. The minimum absolute atomic E-state index is 0.0517. The quantitative estimate of drug-likeness (QED) is 0.167. The van der Waals surface area contributed by atoms with Crippen molar-refractivity contribution in [2.75, 3.05) is 10.8 Å². The minimum Gasteiger partial charge on any atom is -0.352 e. The van der Waals surface area contributed by atoms with E-state index in [-0.39, 0.29) is 29.8 Å². The van der Waals surface area contributed by atoms with Crippen molar-refractivity contribution in [2.24, 2.45) is 0 Å². The summed E-state index contributed by atoms with van der Waals surface area (Å²) in [5, 5.41) is 3.55. The summed E-state index contributed by atoms with van der Waals surface area (Å²) in [5.74, 6) is -0.831. The van der Waals surface area contributed by atoms with E-state index >= 15 is 0 Å². The molecule has 7 nitrogen and oxygen atoms in total. The number of rotatable bonds is 13. The first kappa shape index (κ1) is 34.7. The molecule has 2 unspecified atom stereocenters. The van der Waals surface area contributed by atoms with E-state index in [0.29, 0.717) is 17.1 Å². The first-order valence-electron chi connectivity index (χ1n) is 15.4. The van der Waals surface area contributed by atoms with Crippen LogP contribution in [-0.4, -0.2) is 43.8 Å². The fourth-order valence-corrected chi connectivity index (χ4v) is 6.90. The van der Waals surface area contributed by atoms with Crippen LogP contribution in [0.15, 0.2) is 102 Å². The van der Waals surface area contributed by atoms with Gasteiger partial charge in [-0.15, -0.1) is 0 Å². The lowest BCUT2D eigenvalue weighted by atomic mass is 10.0. The van der Waals surface area contributed by atoms with Gasteiger partial charge in [0.1, 0.15) is 12.6 Å². The normalized spacial score (nSPS) is 12.7. The molecule has 0 radical (unpaired) electrons. The van der Waals surface area contributed by atoms with Crippen molar-refractivity contribution >= 4 is 39.1 Å². The van der Waals surface area contributed by atoms with E-state index in [4.69, 9.17) is 11.6 Å². The first-order chi connectivity index (χ1) is 21.9. The van der Waals surface area contributed by atoms with Gasteiger partial charge in [0.2, 0.25) is 11.8 Å². The lowest BCUT2D eigenvalue weighted by molar-refractivity contribution is -0.140. The Morgan fingerprint density at radius 3 is 2.04 bits per heavy atom. The molecule has 0 aromatic heterocycles. The third kappa shape index (κ3) is 8.98. The minimum atomic E-state index is -4.18. The third-order valence-corrected chi connectivity index (χ3v) is 9.92. The van der Waals surface area contributed by atoms with Gasteiger partial charge in [-0.25, -0.2) is 8.42 Å². The highest BCUT2D eigenvalue weighted by molar-refractivity contribution is 7.92. The van der Waals surface area contributed by atoms with E-state index in [9.17, 15) is 18.0 Å². The Kier molecular flexibility index (Phi) is 11.7. The van der Waals surface area contributed by atoms with Crippen molar-refractivity contribution < 1.29 is 18.0 Å². The number of benzene rings is 4. The number of anilines is 1. The molecule has 242 valence electrons. The van der Waals surface area contributed by atoms with E-state index < -0.39 is 28.5 Å². The Morgan fingerprint density at radius 2 is 1.43 bits per heavy atom. The van der Waals surface area contributed by atoms with Crippen LogP contribution in [0.25, 0.3) is 0 Å². The molecule has 46 heavy (non-hydrogen) atoms. The molecule has 1 N–H and O–H groups in total. The van der Waals surface area contributed by atoms with Gasteiger partial charge in [-0.3, -0.25) is 13.9 Å². The average Bonchev–Trinajstić information content (AvgIpc) is 3.01. The SMILES string of the molecule is CCC(C)NC(=O)C(Cc1ccccc1)N(Cc1cccc(Cl)c1)C(=O)CN(c1cc(C)cc(C)c1)S(=O)(=O)c1ccc(C)cc1. The zero-order valence-corrected chi connectivity index (χ0v) is 28.6. The predicted octanol–water partition coefficient (Wildman–Crippen LogP) is 7.02. The van der Waals surface area contributed by atoms with E-state index in [0.717, 1.165) is 32.1 Å². The number of carbonyl (C=O) groups excluding carboxylic acids is 2. The van der Waals surface area contributed by atoms with Crippen molar-refractivity contribution in [3.05, 3.63) is 130 Å². The fraction of sp³-hybridized carbons (Fsp3) is 0.297. The van der Waals surface area contributed by atoms with Gasteiger partial charge in [0, 0.05) is 24.0 Å². The standard InChI is InChI=1S/C37H42ClN3O4S/c1-6-29(5)39-37(43)35(23-30-11-8-7-9-12-30)40(24-31-13-10-14-32(38)22-31)36(42)25-41(33-20-27(3)19-28(4)21-33)46(44,45)34-17-15-26(2)16-18-34/h7-22,29,35H,6,23-25H2,1-5H3,(H,39,43). The zero-order valence-electron chi connectivity index (χ0n) is 27.0. The highest BCUT2D eigenvalue weighted by atomic mass is 35.5. The molecule has 0 fully saturated rings. The number of nitrogens with zero attached hydrogens (tertiary/aromatic N) is 2. The first-order valence-corrected chi connectivity index (χ1v) is 17.2. The molecule has 9 heteroatoms. The Hall–Kier alpha value is -4.14. The monoisotopic (exact) mass is 659 g/mol. The molecule has 2 atom stereocenters. The Bertz CT molecular complexity index is 1740. The van der Waals surface area contributed by atoms with Gasteiger partial charge in [-0.05, 0) is 92.8 Å². The van der Waals surface area contributed by atoms with Crippen LogP contribution in [0.2, 0.25) is 5.02 Å². The van der Waals surface area contributed by atoms with Crippen molar-refractivity contribution in [3.63, 3.8) is 0 Å². The zero-order chi connectivity index (χ0) is 33.4. The largest absolute Gasteiger partial charge is 0.352 e. The molecular formula is C37H42ClN3O4S. The molecule has 0 aliphatic carbocycles. The molecule has 4 rings (SSSR count). The van der Waals surface area contributed by atoms with Crippen LogP contribution in [0.1, 0.15) is 48.1 Å². The lowest BCUT2D eigenvalue weighted by Gasteiger charge is -2.34. The van der Waals surface area contributed by atoms with Gasteiger partial charge in [0.15, 0.2) is 0 Å². The number of halogens is 1. The maximum Gasteiger partial charge on any atom is 0.264 e. The highest BCUT2D eigenvalue weighted by Gasteiger charge is 2.35. The van der Waals surface area contributed by atoms with Crippen LogP contribution in [0.4, 0.5) is 5.69 Å². The second-order valence-electron chi connectivity index (χ2n) is 11.8. The van der Waals surface area contributed by atoms with Crippen LogP contribution in [-0.2, 0) is 32.6 Å². The Labute approximate surface area is 278 Å². The summed E-state index contributed by atoms with van der Waals surface area (Å²) < 4.78 is 29.7. The summed E-state index contributed by atoms with van der Waals surface area (Å²) in [5.41, 5.74) is 4.59. The van der Waals surface area contributed by atoms with Gasteiger partial charge >= 0.3 is 0 Å². The van der Waals surface area contributed by atoms with Crippen LogP contribution in [0.5, 0.6) is 0 Å².